The number of hydrogen-bond donors (Lipinski definition) is 1. The number of benzene rings is 2. The second-order valence-electron chi connectivity index (χ2n) is 6.91. The number of anilines is 1. The minimum atomic E-state index is -0.711. The summed E-state index contributed by atoms with van der Waals surface area (Å²) in [4.78, 5) is 31.8. The van der Waals surface area contributed by atoms with Crippen molar-refractivity contribution in [3.8, 4) is 0 Å². The third kappa shape index (κ3) is 5.29. The number of amides is 1. The molecule has 1 aliphatic rings. The van der Waals surface area contributed by atoms with Crippen molar-refractivity contribution in [3.05, 3.63) is 82.0 Å². The van der Waals surface area contributed by atoms with E-state index in [1.54, 1.807) is 43.3 Å². The van der Waals surface area contributed by atoms with E-state index in [0.29, 0.717) is 10.5 Å². The van der Waals surface area contributed by atoms with Crippen LogP contribution < -0.4 is 4.90 Å². The molecule has 0 atom stereocenters. The van der Waals surface area contributed by atoms with Crippen molar-refractivity contribution < 1.29 is 19.4 Å². The van der Waals surface area contributed by atoms with Gasteiger partial charge in [-0.2, -0.15) is 0 Å². The fraction of sp³-hybridized carbons (Fsp3) is 0.240. The van der Waals surface area contributed by atoms with Crippen LogP contribution in [0.3, 0.4) is 0 Å². The molecule has 0 bridgehead atoms. The van der Waals surface area contributed by atoms with Gasteiger partial charge in [0.25, 0.3) is 5.91 Å². The molecular formula is C25H26N2O4S. The SMILES string of the molecule is CCOC(=O)C1=C(O)/C(=C/c2ccc(N(CC)CC)cc2)SC1=NC(=O)c1ccccc1. The molecule has 3 rings (SSSR count). The van der Waals surface area contributed by atoms with E-state index in [1.807, 2.05) is 24.3 Å². The molecule has 0 unspecified atom stereocenters. The monoisotopic (exact) mass is 450 g/mol. The molecule has 0 fully saturated rings. The summed E-state index contributed by atoms with van der Waals surface area (Å²) in [5, 5.41) is 10.9. The van der Waals surface area contributed by atoms with Crippen molar-refractivity contribution in [3.63, 3.8) is 0 Å². The van der Waals surface area contributed by atoms with Gasteiger partial charge in [-0.1, -0.05) is 42.1 Å². The Hall–Kier alpha value is -3.32. The lowest BCUT2D eigenvalue weighted by atomic mass is 10.1. The fourth-order valence-electron chi connectivity index (χ4n) is 3.25. The van der Waals surface area contributed by atoms with E-state index >= 15 is 0 Å². The second-order valence-corrected chi connectivity index (χ2v) is 7.94. The van der Waals surface area contributed by atoms with Crippen LogP contribution in [0.15, 0.2) is 75.8 Å². The summed E-state index contributed by atoms with van der Waals surface area (Å²) >= 11 is 1.07. The summed E-state index contributed by atoms with van der Waals surface area (Å²) in [6.07, 6.45) is 1.76. The lowest BCUT2D eigenvalue weighted by molar-refractivity contribution is -0.138. The molecule has 0 spiro atoms. The number of rotatable bonds is 7. The van der Waals surface area contributed by atoms with Crippen molar-refractivity contribution in [2.75, 3.05) is 24.6 Å². The average Bonchev–Trinajstić information content (AvgIpc) is 3.11. The number of nitrogens with zero attached hydrogens (tertiary/aromatic N) is 2. The second kappa shape index (κ2) is 10.8. The van der Waals surface area contributed by atoms with Gasteiger partial charge >= 0.3 is 5.97 Å². The zero-order valence-corrected chi connectivity index (χ0v) is 19.2. The van der Waals surface area contributed by atoms with Crippen LogP contribution in [-0.2, 0) is 9.53 Å². The van der Waals surface area contributed by atoms with E-state index in [9.17, 15) is 14.7 Å². The largest absolute Gasteiger partial charge is 0.506 e. The van der Waals surface area contributed by atoms with Crippen LogP contribution in [0.25, 0.3) is 6.08 Å². The first-order chi connectivity index (χ1) is 15.5. The molecule has 0 saturated carbocycles. The first-order valence-electron chi connectivity index (χ1n) is 10.5. The lowest BCUT2D eigenvalue weighted by Crippen LogP contribution is -2.21. The minimum Gasteiger partial charge on any atom is -0.506 e. The van der Waals surface area contributed by atoms with Gasteiger partial charge in [-0.25, -0.2) is 9.79 Å². The first kappa shape index (κ1) is 23.3. The van der Waals surface area contributed by atoms with Gasteiger partial charge < -0.3 is 14.7 Å². The molecule has 6 nitrogen and oxygen atoms in total. The Kier molecular flexibility index (Phi) is 7.89. The maximum Gasteiger partial charge on any atom is 0.344 e. The summed E-state index contributed by atoms with van der Waals surface area (Å²) in [6.45, 7) is 7.85. The molecule has 0 radical (unpaired) electrons. The molecule has 2 aromatic rings. The van der Waals surface area contributed by atoms with E-state index in [1.165, 1.54) is 0 Å². The van der Waals surface area contributed by atoms with Gasteiger partial charge in [0, 0.05) is 24.3 Å². The summed E-state index contributed by atoms with van der Waals surface area (Å²) in [5.41, 5.74) is 2.27. The van der Waals surface area contributed by atoms with Gasteiger partial charge in [-0.05, 0) is 56.7 Å². The highest BCUT2D eigenvalue weighted by atomic mass is 32.2. The van der Waals surface area contributed by atoms with Gasteiger partial charge in [-0.3, -0.25) is 4.79 Å². The van der Waals surface area contributed by atoms with Crippen LogP contribution in [-0.4, -0.2) is 41.7 Å². The number of carbonyl (C=O) groups excluding carboxylic acids is 2. The molecule has 0 aliphatic carbocycles. The first-order valence-corrected chi connectivity index (χ1v) is 11.3. The molecule has 7 heteroatoms. The fourth-order valence-corrected chi connectivity index (χ4v) is 4.26. The molecule has 1 amide bonds. The number of hydrogen-bond acceptors (Lipinski definition) is 6. The van der Waals surface area contributed by atoms with Crippen molar-refractivity contribution >= 4 is 40.4 Å². The quantitative estimate of drug-likeness (QED) is 0.582. The summed E-state index contributed by atoms with van der Waals surface area (Å²) in [7, 11) is 0. The molecule has 0 saturated heterocycles. The Balaban J connectivity index is 1.94. The Morgan fingerprint density at radius 1 is 1.03 bits per heavy atom. The van der Waals surface area contributed by atoms with Crippen LogP contribution in [0, 0.1) is 0 Å². The van der Waals surface area contributed by atoms with Crippen LogP contribution >= 0.6 is 11.8 Å². The van der Waals surface area contributed by atoms with Crippen LogP contribution in [0.5, 0.6) is 0 Å². The molecule has 0 aromatic heterocycles. The Labute approximate surface area is 192 Å². The number of thioether (sulfide) groups is 1. The number of aliphatic hydroxyl groups is 1. The van der Waals surface area contributed by atoms with Crippen molar-refractivity contribution in [1.29, 1.82) is 0 Å². The maximum atomic E-state index is 12.6. The van der Waals surface area contributed by atoms with Crippen molar-refractivity contribution in [1.82, 2.24) is 0 Å². The number of carbonyl (C=O) groups is 2. The molecule has 166 valence electrons. The zero-order valence-electron chi connectivity index (χ0n) is 18.4. The highest BCUT2D eigenvalue weighted by Crippen LogP contribution is 2.39. The van der Waals surface area contributed by atoms with E-state index in [4.69, 9.17) is 4.74 Å². The zero-order chi connectivity index (χ0) is 23.1. The lowest BCUT2D eigenvalue weighted by Gasteiger charge is -2.20. The molecule has 1 heterocycles. The van der Waals surface area contributed by atoms with Crippen LogP contribution in [0.2, 0.25) is 0 Å². The minimum absolute atomic E-state index is 0.0906. The van der Waals surface area contributed by atoms with E-state index < -0.39 is 11.9 Å². The maximum absolute atomic E-state index is 12.6. The van der Waals surface area contributed by atoms with Gasteiger partial charge in [0.05, 0.1) is 11.5 Å². The van der Waals surface area contributed by atoms with Gasteiger partial charge in [0.2, 0.25) is 0 Å². The summed E-state index contributed by atoms with van der Waals surface area (Å²) in [5.74, 6) is -1.44. The molecular weight excluding hydrogens is 424 g/mol. The van der Waals surface area contributed by atoms with E-state index in [-0.39, 0.29) is 23.0 Å². The average molecular weight is 451 g/mol. The van der Waals surface area contributed by atoms with Crippen LogP contribution in [0.4, 0.5) is 5.69 Å². The Morgan fingerprint density at radius 3 is 2.28 bits per heavy atom. The normalized spacial score (nSPS) is 16.0. The highest BCUT2D eigenvalue weighted by molar-refractivity contribution is 8.18. The molecule has 1 aliphatic heterocycles. The predicted molar refractivity (Wildman–Crippen MR) is 130 cm³/mol. The topological polar surface area (TPSA) is 79.2 Å². The number of ether oxygens (including phenoxy) is 1. The summed E-state index contributed by atoms with van der Waals surface area (Å²) < 4.78 is 5.08. The molecule has 32 heavy (non-hydrogen) atoms. The smallest absolute Gasteiger partial charge is 0.344 e. The van der Waals surface area contributed by atoms with Gasteiger partial charge in [-0.15, -0.1) is 0 Å². The third-order valence-electron chi connectivity index (χ3n) is 4.91. The number of aliphatic hydroxyl groups excluding tert-OH is 1. The highest BCUT2D eigenvalue weighted by Gasteiger charge is 2.33. The number of aliphatic imine (C=N–C) groups is 1. The third-order valence-corrected chi connectivity index (χ3v) is 5.93. The summed E-state index contributed by atoms with van der Waals surface area (Å²) in [6, 6.07) is 16.5. The molecule has 2 aromatic carbocycles. The number of esters is 1. The van der Waals surface area contributed by atoms with Gasteiger partial charge in [0.15, 0.2) is 0 Å². The van der Waals surface area contributed by atoms with Crippen molar-refractivity contribution in [2.24, 2.45) is 4.99 Å². The van der Waals surface area contributed by atoms with Crippen LogP contribution in [0.1, 0.15) is 36.7 Å². The molecule has 1 N–H and O–H groups in total. The Morgan fingerprint density at radius 2 is 1.69 bits per heavy atom. The predicted octanol–water partition coefficient (Wildman–Crippen LogP) is 5.23. The standard InChI is InChI=1S/C25H26N2O4S/c1-4-27(5-2)19-14-12-17(13-15-19)16-20-22(28)21(25(30)31-6-3)24(32-20)26-23(29)18-10-8-7-9-11-18/h7-16,28H,4-6H2,1-3H3/b20-16-,26-24?. The van der Waals surface area contributed by atoms with Crippen molar-refractivity contribution in [2.45, 2.75) is 20.8 Å². The Bertz CT molecular complexity index is 1070. The van der Waals surface area contributed by atoms with E-state index in [2.05, 4.69) is 23.7 Å². The van der Waals surface area contributed by atoms with Gasteiger partial charge in [0.1, 0.15) is 16.4 Å². The van der Waals surface area contributed by atoms with E-state index in [0.717, 1.165) is 36.1 Å².